The highest BCUT2D eigenvalue weighted by molar-refractivity contribution is 6.31. The number of oxime groups is 1. The quantitative estimate of drug-likeness (QED) is 0.340. The largest absolute Gasteiger partial charge is 0.478 e. The number of nitrogens with zero attached hydrogens (tertiary/aromatic N) is 2. The predicted octanol–water partition coefficient (Wildman–Crippen LogP) is 5.23. The molecule has 0 radical (unpaired) electrons. The lowest BCUT2D eigenvalue weighted by Crippen LogP contribution is -2.49. The van der Waals surface area contributed by atoms with Crippen molar-refractivity contribution in [1.82, 2.24) is 10.2 Å². The third-order valence-corrected chi connectivity index (χ3v) is 8.26. The molecule has 3 aliphatic heterocycles. The highest BCUT2D eigenvalue weighted by Crippen LogP contribution is 2.37. The molecule has 0 spiro atoms. The predicted molar refractivity (Wildman–Crippen MR) is 167 cm³/mol. The van der Waals surface area contributed by atoms with E-state index in [1.54, 1.807) is 6.07 Å². The minimum atomic E-state index is -1.08. The molecule has 3 aromatic carbocycles. The van der Waals surface area contributed by atoms with Gasteiger partial charge in [-0.2, -0.15) is 0 Å². The van der Waals surface area contributed by atoms with Crippen LogP contribution in [0, 0.1) is 5.82 Å². The number of carboxylic acid groups (broad SMARTS) is 1. The van der Waals surface area contributed by atoms with Crippen LogP contribution in [-0.2, 0) is 20.8 Å². The summed E-state index contributed by atoms with van der Waals surface area (Å²) >= 11 is 5.95. The van der Waals surface area contributed by atoms with Crippen molar-refractivity contribution in [3.63, 3.8) is 0 Å². The summed E-state index contributed by atoms with van der Waals surface area (Å²) in [6.45, 7) is 1.87. The molecule has 3 heterocycles. The van der Waals surface area contributed by atoms with Crippen LogP contribution in [0.3, 0.4) is 0 Å². The molecule has 3 aromatic rings. The fourth-order valence-electron chi connectivity index (χ4n) is 5.84. The molecule has 0 saturated carbocycles. The van der Waals surface area contributed by atoms with Crippen LogP contribution >= 0.6 is 24.0 Å². The number of hydrogen-bond acceptors (Lipinski definition) is 6. The summed E-state index contributed by atoms with van der Waals surface area (Å²) in [7, 11) is 0. The third-order valence-electron chi connectivity index (χ3n) is 7.97. The number of hydrogen-bond donors (Lipinski definition) is 3. The molecule has 0 unspecified atom stereocenters. The summed E-state index contributed by atoms with van der Waals surface area (Å²) in [5.74, 6) is -2.61. The first-order valence-corrected chi connectivity index (χ1v) is 14.3. The van der Waals surface area contributed by atoms with Gasteiger partial charge in [0.1, 0.15) is 6.04 Å². The van der Waals surface area contributed by atoms with E-state index in [1.165, 1.54) is 46.9 Å². The second-order valence-electron chi connectivity index (χ2n) is 10.6. The normalized spacial score (nSPS) is 19.1. The minimum Gasteiger partial charge on any atom is -0.478 e. The SMILES string of the molecule is Cl.O=C(O)c1ccc(NC(=O)[C@@H]2c3cccc(C4=CCNCC4)c3CCN2C(=O)[C@H]2CC(c3cccc(Cl)c3F)=NO2)cc1. The minimum absolute atomic E-state index is 0. The van der Waals surface area contributed by atoms with Crippen molar-refractivity contribution in [1.29, 1.82) is 0 Å². The van der Waals surface area contributed by atoms with Crippen molar-refractivity contribution in [3.8, 4) is 0 Å². The van der Waals surface area contributed by atoms with E-state index in [-0.39, 0.29) is 47.2 Å². The highest BCUT2D eigenvalue weighted by Gasteiger charge is 2.42. The van der Waals surface area contributed by atoms with Gasteiger partial charge in [-0.25, -0.2) is 9.18 Å². The first kappa shape index (κ1) is 31.2. The standard InChI is InChI=1S/C32H28ClFN4O5.ClH/c33-25-6-2-5-24(28(25)34)26-17-27(43-37-26)31(40)38-16-13-22-21(18-11-14-35-15-12-18)3-1-4-23(22)29(38)30(39)36-20-9-7-19(8-10-20)32(41)42;/h1-11,27,29,35H,12-17H2,(H,36,39)(H,41,42);1H/t27-,29+;/m1./s1. The Morgan fingerprint density at radius 3 is 2.52 bits per heavy atom. The monoisotopic (exact) mass is 638 g/mol. The van der Waals surface area contributed by atoms with Gasteiger partial charge in [-0.05, 0) is 78.0 Å². The van der Waals surface area contributed by atoms with E-state index in [2.05, 4.69) is 21.9 Å². The lowest BCUT2D eigenvalue weighted by molar-refractivity contribution is -0.148. The summed E-state index contributed by atoms with van der Waals surface area (Å²) in [5, 5.41) is 19.3. The second-order valence-corrected chi connectivity index (χ2v) is 11.0. The van der Waals surface area contributed by atoms with Gasteiger partial charge >= 0.3 is 5.97 Å². The molecule has 0 aliphatic carbocycles. The Bertz CT molecular complexity index is 1680. The maximum atomic E-state index is 14.7. The van der Waals surface area contributed by atoms with Gasteiger partial charge in [0.25, 0.3) is 11.8 Å². The fourth-order valence-corrected chi connectivity index (χ4v) is 6.02. The molecule has 9 nitrogen and oxygen atoms in total. The van der Waals surface area contributed by atoms with Crippen LogP contribution in [0.15, 0.2) is 71.9 Å². The Morgan fingerprint density at radius 2 is 1.80 bits per heavy atom. The van der Waals surface area contributed by atoms with Crippen LogP contribution < -0.4 is 10.6 Å². The number of benzene rings is 3. The molecule has 2 amide bonds. The molecule has 2 atom stereocenters. The maximum Gasteiger partial charge on any atom is 0.335 e. The molecular formula is C32H29Cl2FN4O5. The molecule has 3 aliphatic rings. The number of halogens is 3. The van der Waals surface area contributed by atoms with Crippen LogP contribution in [0.5, 0.6) is 0 Å². The number of carboxylic acids is 1. The highest BCUT2D eigenvalue weighted by atomic mass is 35.5. The number of aromatic carboxylic acids is 1. The van der Waals surface area contributed by atoms with E-state index in [9.17, 15) is 23.9 Å². The summed E-state index contributed by atoms with van der Waals surface area (Å²) in [4.78, 5) is 46.2. The summed E-state index contributed by atoms with van der Waals surface area (Å²) < 4.78 is 14.7. The van der Waals surface area contributed by atoms with Gasteiger partial charge in [-0.3, -0.25) is 9.59 Å². The van der Waals surface area contributed by atoms with Crippen LogP contribution in [0.25, 0.3) is 5.57 Å². The average Bonchev–Trinajstić information content (AvgIpc) is 3.52. The van der Waals surface area contributed by atoms with Crippen molar-refractivity contribution in [2.24, 2.45) is 5.16 Å². The molecule has 3 N–H and O–H groups in total. The van der Waals surface area contributed by atoms with Crippen LogP contribution in [0.4, 0.5) is 10.1 Å². The lowest BCUT2D eigenvalue weighted by atomic mass is 9.84. The first-order chi connectivity index (χ1) is 20.8. The van der Waals surface area contributed by atoms with Crippen molar-refractivity contribution in [2.75, 3.05) is 25.0 Å². The van der Waals surface area contributed by atoms with Gasteiger partial charge in [0, 0.05) is 30.8 Å². The van der Waals surface area contributed by atoms with Gasteiger partial charge in [-0.15, -0.1) is 12.4 Å². The van der Waals surface area contributed by atoms with E-state index < -0.39 is 35.7 Å². The second kappa shape index (κ2) is 13.2. The fraction of sp³-hybridized carbons (Fsp3) is 0.250. The Kier molecular flexibility index (Phi) is 9.33. The number of carbonyl (C=O) groups is 3. The zero-order valence-electron chi connectivity index (χ0n) is 23.4. The summed E-state index contributed by atoms with van der Waals surface area (Å²) in [6.07, 6.45) is 2.50. The number of amides is 2. The van der Waals surface area contributed by atoms with Crippen LogP contribution in [-0.4, -0.2) is 59.2 Å². The number of carbonyl (C=O) groups excluding carboxylic acids is 2. The van der Waals surface area contributed by atoms with E-state index in [4.69, 9.17) is 16.4 Å². The van der Waals surface area contributed by atoms with Crippen molar-refractivity contribution in [2.45, 2.75) is 31.4 Å². The molecule has 44 heavy (non-hydrogen) atoms. The topological polar surface area (TPSA) is 120 Å². The Morgan fingerprint density at radius 1 is 1.05 bits per heavy atom. The Labute approximate surface area is 264 Å². The van der Waals surface area contributed by atoms with Crippen molar-refractivity contribution in [3.05, 3.63) is 105 Å². The zero-order valence-corrected chi connectivity index (χ0v) is 25.0. The number of anilines is 1. The molecule has 12 heteroatoms. The van der Waals surface area contributed by atoms with Gasteiger partial charge < -0.3 is 25.5 Å². The van der Waals surface area contributed by atoms with E-state index in [1.807, 2.05) is 18.2 Å². The summed E-state index contributed by atoms with van der Waals surface area (Å²) in [6, 6.07) is 15.2. The third kappa shape index (κ3) is 6.06. The van der Waals surface area contributed by atoms with E-state index in [0.717, 1.165) is 30.6 Å². The summed E-state index contributed by atoms with van der Waals surface area (Å²) in [5.41, 5.74) is 4.87. The van der Waals surface area contributed by atoms with Crippen LogP contribution in [0.1, 0.15) is 51.5 Å². The maximum absolute atomic E-state index is 14.7. The first-order valence-electron chi connectivity index (χ1n) is 14.0. The van der Waals surface area contributed by atoms with Gasteiger partial charge in [0.15, 0.2) is 5.82 Å². The van der Waals surface area contributed by atoms with E-state index in [0.29, 0.717) is 17.7 Å². The molecule has 0 aromatic heterocycles. The van der Waals surface area contributed by atoms with E-state index >= 15 is 0 Å². The zero-order chi connectivity index (χ0) is 30.1. The van der Waals surface area contributed by atoms with Gasteiger partial charge in [0.2, 0.25) is 6.10 Å². The Hall–Kier alpha value is -4.25. The van der Waals surface area contributed by atoms with Gasteiger partial charge in [-0.1, -0.05) is 47.1 Å². The van der Waals surface area contributed by atoms with Crippen molar-refractivity contribution >= 4 is 58.8 Å². The number of nitrogens with one attached hydrogen (secondary N) is 2. The van der Waals surface area contributed by atoms with Crippen molar-refractivity contribution < 1.29 is 28.7 Å². The molecule has 0 fully saturated rings. The number of rotatable bonds is 6. The van der Waals surface area contributed by atoms with Crippen LogP contribution in [0.2, 0.25) is 5.02 Å². The molecular weight excluding hydrogens is 610 g/mol. The van der Waals surface area contributed by atoms with Gasteiger partial charge in [0.05, 0.1) is 16.3 Å². The molecule has 0 bridgehead atoms. The molecule has 6 rings (SSSR count). The Balaban J connectivity index is 0.00000384. The lowest BCUT2D eigenvalue weighted by Gasteiger charge is -2.38. The average molecular weight is 640 g/mol. The molecule has 228 valence electrons. The smallest absolute Gasteiger partial charge is 0.335 e. The number of fused-ring (bicyclic) bond motifs is 1. The molecule has 0 saturated heterocycles.